The van der Waals surface area contributed by atoms with Crippen LogP contribution in [0.5, 0.6) is 5.88 Å². The molecule has 150 valence electrons. The van der Waals surface area contributed by atoms with Gasteiger partial charge in [0.05, 0.1) is 15.7 Å². The number of carbonyl (C=O) groups excluding carboxylic acids is 1. The smallest absolute Gasteiger partial charge is 0.268 e. The lowest BCUT2D eigenvalue weighted by Crippen LogP contribution is -2.39. The number of carbonyl (C=O) groups is 1. The number of fused-ring (bicyclic) bond motifs is 2. The van der Waals surface area contributed by atoms with Crippen molar-refractivity contribution in [3.63, 3.8) is 0 Å². The summed E-state index contributed by atoms with van der Waals surface area (Å²) in [5, 5.41) is 3.93. The first-order chi connectivity index (χ1) is 14.5. The van der Waals surface area contributed by atoms with Crippen LogP contribution < -0.4 is 15.0 Å². The summed E-state index contributed by atoms with van der Waals surface area (Å²) in [7, 11) is 0. The highest BCUT2D eigenvalue weighted by Crippen LogP contribution is 2.37. The maximum absolute atomic E-state index is 13.0. The highest BCUT2D eigenvalue weighted by molar-refractivity contribution is 6.40. The van der Waals surface area contributed by atoms with Crippen molar-refractivity contribution in [2.24, 2.45) is 0 Å². The molecule has 0 saturated carbocycles. The predicted molar refractivity (Wildman–Crippen MR) is 118 cm³/mol. The number of halogens is 2. The van der Waals surface area contributed by atoms with E-state index in [0.29, 0.717) is 21.7 Å². The summed E-state index contributed by atoms with van der Waals surface area (Å²) in [4.78, 5) is 23.0. The van der Waals surface area contributed by atoms with Gasteiger partial charge in [-0.3, -0.25) is 9.69 Å². The van der Waals surface area contributed by atoms with Crippen molar-refractivity contribution in [1.29, 1.82) is 0 Å². The third-order valence-corrected chi connectivity index (χ3v) is 5.76. The first kappa shape index (κ1) is 18.9. The number of rotatable bonds is 3. The van der Waals surface area contributed by atoms with Gasteiger partial charge >= 0.3 is 0 Å². The van der Waals surface area contributed by atoms with Crippen molar-refractivity contribution < 1.29 is 9.53 Å². The van der Waals surface area contributed by atoms with Crippen LogP contribution in [0.2, 0.25) is 10.0 Å². The molecule has 0 unspecified atom stereocenters. The number of amides is 1. The van der Waals surface area contributed by atoms with Crippen molar-refractivity contribution in [3.05, 3.63) is 74.9 Å². The molecule has 8 heteroatoms. The fourth-order valence-electron chi connectivity index (χ4n) is 3.70. The summed E-state index contributed by atoms with van der Waals surface area (Å²) in [6.45, 7) is 2.04. The van der Waals surface area contributed by atoms with Gasteiger partial charge in [0.2, 0.25) is 11.8 Å². The van der Waals surface area contributed by atoms with E-state index in [2.05, 4.69) is 46.5 Å². The maximum Gasteiger partial charge on any atom is 0.268 e. The summed E-state index contributed by atoms with van der Waals surface area (Å²) < 4.78 is 5.73. The lowest BCUT2D eigenvalue weighted by Gasteiger charge is -2.29. The average Bonchev–Trinajstić information content (AvgIpc) is 3.19. The lowest BCUT2D eigenvalue weighted by atomic mass is 10.0. The summed E-state index contributed by atoms with van der Waals surface area (Å²) in [6.07, 6.45) is 6.66. The minimum atomic E-state index is -0.323. The number of ether oxygens (including phenoxy) is 1. The van der Waals surface area contributed by atoms with Gasteiger partial charge in [-0.2, -0.15) is 4.98 Å². The largest absolute Gasteiger partial charge is 0.455 e. The van der Waals surface area contributed by atoms with Gasteiger partial charge in [-0.05, 0) is 54.3 Å². The third-order valence-electron chi connectivity index (χ3n) is 5.15. The number of allylic oxidation sites excluding steroid dienone is 1. The molecule has 0 radical (unpaired) electrons. The van der Waals surface area contributed by atoms with Crippen molar-refractivity contribution in [2.45, 2.75) is 13.3 Å². The molecule has 2 aromatic carbocycles. The lowest BCUT2D eigenvalue weighted by molar-refractivity contribution is 0.0932. The molecule has 2 heterocycles. The summed E-state index contributed by atoms with van der Waals surface area (Å²) >= 11 is 12.5. The average molecular weight is 439 g/mol. The predicted octanol–water partition coefficient (Wildman–Crippen LogP) is 5.40. The second kappa shape index (κ2) is 7.31. The van der Waals surface area contributed by atoms with E-state index in [0.717, 1.165) is 12.1 Å². The first-order valence-corrected chi connectivity index (χ1v) is 10.1. The molecule has 0 spiro atoms. The molecular weight excluding hydrogens is 423 g/mol. The third kappa shape index (κ3) is 3.18. The van der Waals surface area contributed by atoms with Crippen molar-refractivity contribution in [1.82, 2.24) is 9.97 Å². The molecule has 1 amide bonds. The minimum Gasteiger partial charge on any atom is -0.455 e. The second-order valence-corrected chi connectivity index (χ2v) is 7.90. The van der Waals surface area contributed by atoms with Crippen LogP contribution in [-0.2, 0) is 6.42 Å². The van der Waals surface area contributed by atoms with Crippen molar-refractivity contribution >= 4 is 52.5 Å². The van der Waals surface area contributed by atoms with Gasteiger partial charge in [0, 0.05) is 11.9 Å². The molecular formula is C22H16Cl2N4O2. The normalized spacial score (nSPS) is 14.4. The fraction of sp³-hybridized carbons (Fsp3) is 0.136. The minimum absolute atomic E-state index is 0.0471. The van der Waals surface area contributed by atoms with Gasteiger partial charge in [0.1, 0.15) is 5.56 Å². The van der Waals surface area contributed by atoms with Crippen LogP contribution in [0, 0.1) is 6.92 Å². The van der Waals surface area contributed by atoms with E-state index < -0.39 is 0 Å². The molecule has 1 aliphatic carbocycles. The molecule has 0 saturated heterocycles. The van der Waals surface area contributed by atoms with Gasteiger partial charge in [-0.1, -0.05) is 41.4 Å². The van der Waals surface area contributed by atoms with Crippen LogP contribution >= 0.6 is 23.2 Å². The van der Waals surface area contributed by atoms with Crippen LogP contribution in [0.4, 0.5) is 17.3 Å². The Balaban J connectivity index is 1.43. The Morgan fingerprint density at radius 2 is 2.00 bits per heavy atom. The molecule has 0 fully saturated rings. The standard InChI is InChI=1S/C22H16Cl2N4O2/c1-12-8-14(9-13-4-2-5-15(12)13)26-22-25-10-16-20(27-22)30-11-28(21(16)29)19-17(23)6-3-7-18(19)24/h2-4,6-10H,5,11H2,1H3,(H,25,26,27). The molecule has 5 rings (SSSR count). The number of para-hydroxylation sites is 1. The highest BCUT2D eigenvalue weighted by atomic mass is 35.5. The molecule has 30 heavy (non-hydrogen) atoms. The number of benzene rings is 2. The van der Waals surface area contributed by atoms with Crippen LogP contribution in [0.3, 0.4) is 0 Å². The number of nitrogens with zero attached hydrogens (tertiary/aromatic N) is 3. The molecule has 1 aliphatic heterocycles. The van der Waals surface area contributed by atoms with Gasteiger partial charge in [0.25, 0.3) is 5.91 Å². The van der Waals surface area contributed by atoms with E-state index in [4.69, 9.17) is 27.9 Å². The zero-order chi connectivity index (χ0) is 20.8. The fourth-order valence-corrected chi connectivity index (χ4v) is 4.30. The van der Waals surface area contributed by atoms with Crippen molar-refractivity contribution in [3.8, 4) is 5.88 Å². The van der Waals surface area contributed by atoms with E-state index >= 15 is 0 Å². The quantitative estimate of drug-likeness (QED) is 0.592. The number of hydrogen-bond donors (Lipinski definition) is 1. The van der Waals surface area contributed by atoms with Gasteiger partial charge in [-0.15, -0.1) is 0 Å². The van der Waals surface area contributed by atoms with Crippen LogP contribution in [0.1, 0.15) is 27.0 Å². The van der Waals surface area contributed by atoms with E-state index in [-0.39, 0.29) is 24.1 Å². The first-order valence-electron chi connectivity index (χ1n) is 9.34. The van der Waals surface area contributed by atoms with Crippen LogP contribution in [0.15, 0.2) is 42.6 Å². The van der Waals surface area contributed by atoms with E-state index in [1.54, 1.807) is 18.2 Å². The Morgan fingerprint density at radius 1 is 1.20 bits per heavy atom. The summed E-state index contributed by atoms with van der Waals surface area (Å²) in [5.41, 5.74) is 5.26. The molecule has 1 aromatic heterocycles. The molecule has 2 aliphatic rings. The Kier molecular flexibility index (Phi) is 4.60. The SMILES string of the molecule is Cc1cc(Nc2ncc3c(n2)OCN(c2c(Cl)cccc2Cl)C3=O)cc2c1CC=C2. The summed E-state index contributed by atoms with van der Waals surface area (Å²) in [5.74, 6) is 0.248. The Hall–Kier alpha value is -3.09. The molecule has 3 aromatic rings. The number of aromatic nitrogens is 2. The van der Waals surface area contributed by atoms with Gasteiger partial charge in [0.15, 0.2) is 6.73 Å². The van der Waals surface area contributed by atoms with Gasteiger partial charge in [-0.25, -0.2) is 4.98 Å². The monoisotopic (exact) mass is 438 g/mol. The van der Waals surface area contributed by atoms with Crippen LogP contribution in [0.25, 0.3) is 6.08 Å². The van der Waals surface area contributed by atoms with Crippen LogP contribution in [-0.4, -0.2) is 22.6 Å². The zero-order valence-electron chi connectivity index (χ0n) is 15.9. The van der Waals surface area contributed by atoms with E-state index in [1.165, 1.54) is 27.8 Å². The number of hydrogen-bond acceptors (Lipinski definition) is 5. The Labute approximate surface area is 183 Å². The highest BCUT2D eigenvalue weighted by Gasteiger charge is 2.31. The number of nitrogens with one attached hydrogen (secondary N) is 1. The second-order valence-electron chi connectivity index (χ2n) is 7.08. The molecule has 0 bridgehead atoms. The summed E-state index contributed by atoms with van der Waals surface area (Å²) in [6, 6.07) is 9.17. The maximum atomic E-state index is 13.0. The van der Waals surface area contributed by atoms with E-state index in [9.17, 15) is 4.79 Å². The Morgan fingerprint density at radius 3 is 2.80 bits per heavy atom. The molecule has 1 N–H and O–H groups in total. The Bertz CT molecular complexity index is 1210. The number of anilines is 3. The molecule has 6 nitrogen and oxygen atoms in total. The van der Waals surface area contributed by atoms with Gasteiger partial charge < -0.3 is 10.1 Å². The van der Waals surface area contributed by atoms with Crippen molar-refractivity contribution in [2.75, 3.05) is 16.9 Å². The van der Waals surface area contributed by atoms with E-state index in [1.807, 2.05) is 0 Å². The zero-order valence-corrected chi connectivity index (χ0v) is 17.5. The topological polar surface area (TPSA) is 67.4 Å². The number of aryl methyl sites for hydroxylation is 1. The molecule has 0 atom stereocenters.